The average molecular weight is 156 g/mol. The third-order valence-electron chi connectivity index (χ3n) is 1.51. The molecule has 11 heavy (non-hydrogen) atoms. The topological polar surface area (TPSA) is 47.3 Å². The summed E-state index contributed by atoms with van der Waals surface area (Å²) in [6.07, 6.45) is 0.245. The molecule has 0 amide bonds. The quantitative estimate of drug-likeness (QED) is 0.634. The van der Waals surface area contributed by atoms with Crippen molar-refractivity contribution < 1.29 is 5.11 Å². The summed E-state index contributed by atoms with van der Waals surface area (Å²) in [6.45, 7) is 6.11. The van der Waals surface area contributed by atoms with Gasteiger partial charge in [-0.2, -0.15) is 5.26 Å². The Morgan fingerprint density at radius 2 is 2.27 bits per heavy atom. The summed E-state index contributed by atoms with van der Waals surface area (Å²) in [7, 11) is 0. The molecule has 0 aromatic heterocycles. The second-order valence-corrected chi connectivity index (χ2v) is 2.65. The van der Waals surface area contributed by atoms with E-state index in [1.54, 1.807) is 6.92 Å². The van der Waals surface area contributed by atoms with E-state index in [-0.39, 0.29) is 6.10 Å². The van der Waals surface area contributed by atoms with Crippen LogP contribution >= 0.6 is 0 Å². The lowest BCUT2D eigenvalue weighted by Gasteiger charge is -2.19. The molecule has 0 saturated heterocycles. The lowest BCUT2D eigenvalue weighted by atomic mass is 10.3. The summed E-state index contributed by atoms with van der Waals surface area (Å²) in [5.41, 5.74) is 0. The predicted molar refractivity (Wildman–Crippen MR) is 44.0 cm³/mol. The largest absolute Gasteiger partial charge is 0.392 e. The van der Waals surface area contributed by atoms with Crippen molar-refractivity contribution in [3.05, 3.63) is 0 Å². The molecular formula is C8H16N2O. The number of aliphatic hydroxyl groups excluding tert-OH is 1. The van der Waals surface area contributed by atoms with Gasteiger partial charge in [-0.3, -0.25) is 0 Å². The van der Waals surface area contributed by atoms with E-state index in [0.29, 0.717) is 13.0 Å². The first kappa shape index (κ1) is 10.4. The molecule has 1 atom stereocenters. The lowest BCUT2D eigenvalue weighted by molar-refractivity contribution is 0.131. The molecule has 1 N–H and O–H groups in total. The molecule has 0 aliphatic heterocycles. The highest BCUT2D eigenvalue weighted by Gasteiger charge is 2.04. The second-order valence-electron chi connectivity index (χ2n) is 2.65. The summed E-state index contributed by atoms with van der Waals surface area (Å²) in [6, 6.07) is 2.08. The predicted octanol–water partition coefficient (Wildman–Crippen LogP) is 0.603. The van der Waals surface area contributed by atoms with Crippen LogP contribution in [0.25, 0.3) is 0 Å². The smallest absolute Gasteiger partial charge is 0.0639 e. The van der Waals surface area contributed by atoms with Gasteiger partial charge in [-0.05, 0) is 13.5 Å². The number of hydrogen-bond donors (Lipinski definition) is 1. The Hall–Kier alpha value is -0.590. The molecule has 3 heteroatoms. The van der Waals surface area contributed by atoms with Crippen LogP contribution in [0.15, 0.2) is 0 Å². The second kappa shape index (κ2) is 6.14. The maximum atomic E-state index is 9.03. The zero-order valence-corrected chi connectivity index (χ0v) is 7.25. The maximum absolute atomic E-state index is 9.03. The minimum atomic E-state index is -0.298. The van der Waals surface area contributed by atoms with E-state index in [0.717, 1.165) is 13.1 Å². The fourth-order valence-corrected chi connectivity index (χ4v) is 0.960. The van der Waals surface area contributed by atoms with Gasteiger partial charge in [0.25, 0.3) is 0 Å². The monoisotopic (exact) mass is 156 g/mol. The van der Waals surface area contributed by atoms with Gasteiger partial charge >= 0.3 is 0 Å². The first-order chi connectivity index (χ1) is 5.20. The molecule has 0 aliphatic rings. The van der Waals surface area contributed by atoms with E-state index in [2.05, 4.69) is 11.0 Å². The van der Waals surface area contributed by atoms with Crippen molar-refractivity contribution in [2.24, 2.45) is 0 Å². The van der Waals surface area contributed by atoms with Crippen LogP contribution in [0.5, 0.6) is 0 Å². The van der Waals surface area contributed by atoms with Crippen LogP contribution in [-0.4, -0.2) is 35.7 Å². The first-order valence-corrected chi connectivity index (χ1v) is 3.98. The normalized spacial score (nSPS) is 13.0. The molecule has 0 aromatic rings. The zero-order chi connectivity index (χ0) is 8.69. The van der Waals surface area contributed by atoms with Crippen LogP contribution in [0.1, 0.15) is 20.3 Å². The third kappa shape index (κ3) is 5.84. The third-order valence-corrected chi connectivity index (χ3v) is 1.51. The number of hydrogen-bond acceptors (Lipinski definition) is 3. The van der Waals surface area contributed by atoms with E-state index in [9.17, 15) is 0 Å². The molecule has 64 valence electrons. The van der Waals surface area contributed by atoms with E-state index in [1.807, 2.05) is 6.92 Å². The van der Waals surface area contributed by atoms with Gasteiger partial charge in [0.05, 0.1) is 12.2 Å². The Bertz CT molecular complexity index is 129. The molecular weight excluding hydrogens is 140 g/mol. The number of nitriles is 1. The van der Waals surface area contributed by atoms with Crippen molar-refractivity contribution >= 4 is 0 Å². The molecule has 0 rings (SSSR count). The van der Waals surface area contributed by atoms with Gasteiger partial charge in [0.1, 0.15) is 0 Å². The highest BCUT2D eigenvalue weighted by molar-refractivity contribution is 4.72. The first-order valence-electron chi connectivity index (χ1n) is 3.98. The zero-order valence-electron chi connectivity index (χ0n) is 7.25. The number of nitrogens with zero attached hydrogens (tertiary/aromatic N) is 2. The average Bonchev–Trinajstić information content (AvgIpc) is 1.97. The van der Waals surface area contributed by atoms with E-state index in [4.69, 9.17) is 10.4 Å². The van der Waals surface area contributed by atoms with Gasteiger partial charge in [-0.15, -0.1) is 0 Å². The SMILES string of the molecule is CCN(CCC#N)C[C@H](C)O. The molecule has 3 nitrogen and oxygen atoms in total. The van der Waals surface area contributed by atoms with Crippen LogP contribution in [0, 0.1) is 11.3 Å². The van der Waals surface area contributed by atoms with E-state index < -0.39 is 0 Å². The lowest BCUT2D eigenvalue weighted by Crippen LogP contribution is -2.31. The molecule has 0 radical (unpaired) electrons. The van der Waals surface area contributed by atoms with Crippen molar-refractivity contribution in [1.82, 2.24) is 4.90 Å². The summed E-state index contributed by atoms with van der Waals surface area (Å²) < 4.78 is 0. The van der Waals surface area contributed by atoms with Crippen LogP contribution in [-0.2, 0) is 0 Å². The van der Waals surface area contributed by atoms with Crippen molar-refractivity contribution in [3.63, 3.8) is 0 Å². The molecule has 0 aliphatic carbocycles. The molecule has 0 bridgehead atoms. The summed E-state index contributed by atoms with van der Waals surface area (Å²) in [5.74, 6) is 0. The van der Waals surface area contributed by atoms with Crippen LogP contribution < -0.4 is 0 Å². The molecule has 0 spiro atoms. The summed E-state index contributed by atoms with van der Waals surface area (Å²) >= 11 is 0. The van der Waals surface area contributed by atoms with Crippen molar-refractivity contribution in [2.45, 2.75) is 26.4 Å². The Morgan fingerprint density at radius 1 is 1.64 bits per heavy atom. The van der Waals surface area contributed by atoms with Gasteiger partial charge < -0.3 is 10.0 Å². The van der Waals surface area contributed by atoms with Gasteiger partial charge in [-0.25, -0.2) is 0 Å². The van der Waals surface area contributed by atoms with E-state index >= 15 is 0 Å². The highest BCUT2D eigenvalue weighted by atomic mass is 16.3. The Morgan fingerprint density at radius 3 is 2.64 bits per heavy atom. The molecule has 0 saturated carbocycles. The number of aliphatic hydroxyl groups is 1. The maximum Gasteiger partial charge on any atom is 0.0639 e. The van der Waals surface area contributed by atoms with Gasteiger partial charge in [0.2, 0.25) is 0 Å². The van der Waals surface area contributed by atoms with E-state index in [1.165, 1.54) is 0 Å². The van der Waals surface area contributed by atoms with Gasteiger partial charge in [-0.1, -0.05) is 6.92 Å². The fourth-order valence-electron chi connectivity index (χ4n) is 0.960. The minimum absolute atomic E-state index is 0.298. The van der Waals surface area contributed by atoms with Gasteiger partial charge in [0, 0.05) is 19.5 Å². The fraction of sp³-hybridized carbons (Fsp3) is 0.875. The highest BCUT2D eigenvalue weighted by Crippen LogP contribution is 1.92. The van der Waals surface area contributed by atoms with Gasteiger partial charge in [0.15, 0.2) is 0 Å². The minimum Gasteiger partial charge on any atom is -0.392 e. The Balaban J connectivity index is 3.51. The van der Waals surface area contributed by atoms with Crippen LogP contribution in [0.2, 0.25) is 0 Å². The van der Waals surface area contributed by atoms with Crippen molar-refractivity contribution in [3.8, 4) is 6.07 Å². The summed E-state index contributed by atoms with van der Waals surface area (Å²) in [5, 5.41) is 17.3. The van der Waals surface area contributed by atoms with Crippen molar-refractivity contribution in [2.75, 3.05) is 19.6 Å². The van der Waals surface area contributed by atoms with Crippen LogP contribution in [0.4, 0.5) is 0 Å². The van der Waals surface area contributed by atoms with Crippen LogP contribution in [0.3, 0.4) is 0 Å². The number of likely N-dealkylation sites (N-methyl/N-ethyl adjacent to an activating group) is 1. The Labute approximate surface area is 68.2 Å². The van der Waals surface area contributed by atoms with Crippen molar-refractivity contribution in [1.29, 1.82) is 5.26 Å². The standard InChI is InChI=1S/C8H16N2O/c1-3-10(6-4-5-9)7-8(2)11/h8,11H,3-4,6-7H2,1-2H3/t8-/m0/s1. The number of rotatable bonds is 5. The molecule has 0 fully saturated rings. The Kier molecular flexibility index (Phi) is 5.81. The summed E-state index contributed by atoms with van der Waals surface area (Å²) in [4.78, 5) is 2.06. The molecule has 0 heterocycles. The molecule has 0 aromatic carbocycles. The molecule has 0 unspecified atom stereocenters.